The van der Waals surface area contributed by atoms with Gasteiger partial charge in [-0.3, -0.25) is 4.79 Å². The topological polar surface area (TPSA) is 55.6 Å². The maximum absolute atomic E-state index is 12.0. The third kappa shape index (κ3) is 3.19. The summed E-state index contributed by atoms with van der Waals surface area (Å²) >= 11 is 0. The summed E-state index contributed by atoms with van der Waals surface area (Å²) in [6, 6.07) is 0.239. The van der Waals surface area contributed by atoms with Crippen molar-refractivity contribution in [3.8, 4) is 0 Å². The van der Waals surface area contributed by atoms with Crippen molar-refractivity contribution >= 4 is 5.91 Å². The van der Waals surface area contributed by atoms with Crippen LogP contribution in [0.1, 0.15) is 33.1 Å². The van der Waals surface area contributed by atoms with E-state index in [-0.39, 0.29) is 18.1 Å². The SMILES string of the molecule is CCC(CN)CC(=O)N(C)C1CCOC1C. The van der Waals surface area contributed by atoms with Gasteiger partial charge >= 0.3 is 0 Å². The highest BCUT2D eigenvalue weighted by Crippen LogP contribution is 2.20. The van der Waals surface area contributed by atoms with Crippen molar-refractivity contribution in [3.63, 3.8) is 0 Å². The lowest BCUT2D eigenvalue weighted by atomic mass is 10.0. The number of nitrogens with two attached hydrogens (primary N) is 1. The van der Waals surface area contributed by atoms with E-state index in [0.717, 1.165) is 19.4 Å². The maximum atomic E-state index is 12.0. The lowest BCUT2D eigenvalue weighted by molar-refractivity contribution is -0.133. The number of likely N-dealkylation sites (N-methyl/N-ethyl adjacent to an activating group) is 1. The molecule has 1 aliphatic rings. The first kappa shape index (κ1) is 13.5. The van der Waals surface area contributed by atoms with Crippen LogP contribution in [0.2, 0.25) is 0 Å². The lowest BCUT2D eigenvalue weighted by Gasteiger charge is -2.28. The summed E-state index contributed by atoms with van der Waals surface area (Å²) in [5.74, 6) is 0.507. The minimum Gasteiger partial charge on any atom is -0.376 e. The van der Waals surface area contributed by atoms with Gasteiger partial charge in [-0.1, -0.05) is 13.3 Å². The van der Waals surface area contributed by atoms with Gasteiger partial charge in [0.2, 0.25) is 5.91 Å². The molecule has 16 heavy (non-hydrogen) atoms. The highest BCUT2D eigenvalue weighted by Gasteiger charge is 2.30. The Morgan fingerprint density at radius 2 is 2.31 bits per heavy atom. The number of carbonyl (C=O) groups excluding carboxylic acids is 1. The smallest absolute Gasteiger partial charge is 0.222 e. The van der Waals surface area contributed by atoms with Crippen molar-refractivity contribution < 1.29 is 9.53 Å². The Labute approximate surface area is 98.1 Å². The van der Waals surface area contributed by atoms with Gasteiger partial charge in [0.25, 0.3) is 0 Å². The predicted octanol–water partition coefficient (Wildman–Crippen LogP) is 0.997. The molecule has 1 amide bonds. The Morgan fingerprint density at radius 3 is 2.75 bits per heavy atom. The highest BCUT2D eigenvalue weighted by atomic mass is 16.5. The molecule has 94 valence electrons. The van der Waals surface area contributed by atoms with Gasteiger partial charge in [0.15, 0.2) is 0 Å². The first-order valence-corrected chi connectivity index (χ1v) is 6.17. The molecule has 1 aliphatic heterocycles. The van der Waals surface area contributed by atoms with Crippen molar-refractivity contribution in [1.82, 2.24) is 4.90 Å². The zero-order chi connectivity index (χ0) is 12.1. The quantitative estimate of drug-likeness (QED) is 0.763. The molecule has 4 nitrogen and oxygen atoms in total. The van der Waals surface area contributed by atoms with E-state index >= 15 is 0 Å². The second-order valence-corrected chi connectivity index (χ2v) is 4.65. The van der Waals surface area contributed by atoms with Crippen LogP contribution in [0.5, 0.6) is 0 Å². The second-order valence-electron chi connectivity index (χ2n) is 4.65. The van der Waals surface area contributed by atoms with E-state index < -0.39 is 0 Å². The molecule has 1 fully saturated rings. The fraction of sp³-hybridized carbons (Fsp3) is 0.917. The number of rotatable bonds is 5. The summed E-state index contributed by atoms with van der Waals surface area (Å²) in [4.78, 5) is 13.9. The summed E-state index contributed by atoms with van der Waals surface area (Å²) in [6.07, 6.45) is 2.63. The van der Waals surface area contributed by atoms with E-state index in [4.69, 9.17) is 10.5 Å². The van der Waals surface area contributed by atoms with Gasteiger partial charge in [-0.05, 0) is 25.8 Å². The van der Waals surface area contributed by atoms with E-state index in [0.29, 0.717) is 18.9 Å². The summed E-state index contributed by atoms with van der Waals surface area (Å²) in [7, 11) is 1.88. The van der Waals surface area contributed by atoms with Gasteiger partial charge in [0.05, 0.1) is 12.1 Å². The number of ether oxygens (including phenoxy) is 1. The van der Waals surface area contributed by atoms with Crippen molar-refractivity contribution in [2.45, 2.75) is 45.3 Å². The highest BCUT2D eigenvalue weighted by molar-refractivity contribution is 5.76. The molecule has 0 saturated carbocycles. The number of nitrogens with zero attached hydrogens (tertiary/aromatic N) is 1. The Morgan fingerprint density at radius 1 is 1.62 bits per heavy atom. The number of amides is 1. The van der Waals surface area contributed by atoms with Crippen LogP contribution in [0.4, 0.5) is 0 Å². The largest absolute Gasteiger partial charge is 0.376 e. The Balaban J connectivity index is 2.46. The van der Waals surface area contributed by atoms with E-state index in [1.807, 2.05) is 18.9 Å². The maximum Gasteiger partial charge on any atom is 0.222 e. The van der Waals surface area contributed by atoms with Crippen LogP contribution in [-0.4, -0.2) is 43.2 Å². The molecule has 2 N–H and O–H groups in total. The number of hydrogen-bond donors (Lipinski definition) is 1. The van der Waals surface area contributed by atoms with Crippen LogP contribution < -0.4 is 5.73 Å². The van der Waals surface area contributed by atoms with Crippen molar-refractivity contribution in [2.75, 3.05) is 20.2 Å². The van der Waals surface area contributed by atoms with E-state index in [9.17, 15) is 4.79 Å². The van der Waals surface area contributed by atoms with Crippen LogP contribution >= 0.6 is 0 Å². The zero-order valence-electron chi connectivity index (χ0n) is 10.6. The minimum absolute atomic E-state index is 0.159. The average Bonchev–Trinajstić information content (AvgIpc) is 2.70. The molecule has 0 bridgehead atoms. The predicted molar refractivity (Wildman–Crippen MR) is 64.0 cm³/mol. The van der Waals surface area contributed by atoms with Crippen LogP contribution in [0.25, 0.3) is 0 Å². The third-order valence-electron chi connectivity index (χ3n) is 3.60. The standard InChI is InChI=1S/C12H24N2O2/c1-4-10(8-13)7-12(15)14(3)11-5-6-16-9(11)2/h9-11H,4-8,13H2,1-3H3. The van der Waals surface area contributed by atoms with E-state index in [1.165, 1.54) is 0 Å². The Hall–Kier alpha value is -0.610. The minimum atomic E-state index is 0.159. The van der Waals surface area contributed by atoms with Gasteiger partial charge in [-0.2, -0.15) is 0 Å². The molecule has 0 aliphatic carbocycles. The molecule has 1 saturated heterocycles. The summed E-state index contributed by atoms with van der Waals surface area (Å²) < 4.78 is 5.48. The van der Waals surface area contributed by atoms with Crippen LogP contribution in [-0.2, 0) is 9.53 Å². The monoisotopic (exact) mass is 228 g/mol. The van der Waals surface area contributed by atoms with Crippen LogP contribution in [0.15, 0.2) is 0 Å². The third-order valence-corrected chi connectivity index (χ3v) is 3.60. The number of carbonyl (C=O) groups is 1. The fourth-order valence-electron chi connectivity index (χ4n) is 2.20. The molecule has 0 aromatic carbocycles. The molecule has 3 atom stereocenters. The molecule has 3 unspecified atom stereocenters. The summed E-state index contributed by atoms with van der Waals surface area (Å²) in [5, 5.41) is 0. The second kappa shape index (κ2) is 6.21. The van der Waals surface area contributed by atoms with Crippen molar-refractivity contribution in [1.29, 1.82) is 0 Å². The molecular weight excluding hydrogens is 204 g/mol. The lowest BCUT2D eigenvalue weighted by Crippen LogP contribution is -2.42. The number of hydrogen-bond acceptors (Lipinski definition) is 3. The van der Waals surface area contributed by atoms with E-state index in [1.54, 1.807) is 0 Å². The average molecular weight is 228 g/mol. The fourth-order valence-corrected chi connectivity index (χ4v) is 2.20. The molecular formula is C12H24N2O2. The van der Waals surface area contributed by atoms with Gasteiger partial charge < -0.3 is 15.4 Å². The molecule has 0 radical (unpaired) electrons. The molecule has 0 aromatic heterocycles. The van der Waals surface area contributed by atoms with Gasteiger partial charge in [-0.25, -0.2) is 0 Å². The first-order chi connectivity index (χ1) is 7.60. The zero-order valence-corrected chi connectivity index (χ0v) is 10.6. The molecule has 1 heterocycles. The first-order valence-electron chi connectivity index (χ1n) is 6.17. The summed E-state index contributed by atoms with van der Waals surface area (Å²) in [6.45, 7) is 5.46. The summed E-state index contributed by atoms with van der Waals surface area (Å²) in [5.41, 5.74) is 5.62. The van der Waals surface area contributed by atoms with Gasteiger partial charge in [0.1, 0.15) is 0 Å². The van der Waals surface area contributed by atoms with Crippen molar-refractivity contribution in [2.24, 2.45) is 11.7 Å². The molecule has 0 spiro atoms. The van der Waals surface area contributed by atoms with E-state index in [2.05, 4.69) is 6.92 Å². The van der Waals surface area contributed by atoms with Gasteiger partial charge in [-0.15, -0.1) is 0 Å². The normalized spacial score (nSPS) is 26.8. The molecule has 1 rings (SSSR count). The Bertz CT molecular complexity index is 229. The van der Waals surface area contributed by atoms with Crippen LogP contribution in [0.3, 0.4) is 0 Å². The van der Waals surface area contributed by atoms with Crippen molar-refractivity contribution in [3.05, 3.63) is 0 Å². The van der Waals surface area contributed by atoms with Gasteiger partial charge in [0, 0.05) is 20.1 Å². The molecule has 4 heteroatoms. The molecule has 0 aromatic rings. The Kier molecular flexibility index (Phi) is 5.22. The van der Waals surface area contributed by atoms with Crippen LogP contribution in [0, 0.1) is 5.92 Å².